The molecule has 128 valence electrons. The molecule has 0 saturated carbocycles. The first-order chi connectivity index (χ1) is 10.8. The van der Waals surface area contributed by atoms with Crippen molar-refractivity contribution in [3.63, 3.8) is 0 Å². The van der Waals surface area contributed by atoms with Crippen molar-refractivity contribution >= 4 is 35.1 Å². The molecule has 23 heavy (non-hydrogen) atoms. The average Bonchev–Trinajstić information content (AvgIpc) is 2.46. The van der Waals surface area contributed by atoms with Gasteiger partial charge in [-0.25, -0.2) is 4.39 Å². The van der Waals surface area contributed by atoms with Crippen LogP contribution in [0.15, 0.2) is 17.0 Å². The van der Waals surface area contributed by atoms with Crippen molar-refractivity contribution in [1.82, 2.24) is 0 Å². The SMILES string of the molecule is N#CSCCCCCOc1cc(SCC(F)(F)F)c(Cl)cc1F. The third-order valence-corrected chi connectivity index (χ3v) is 4.76. The molecule has 0 radical (unpaired) electrons. The Morgan fingerprint density at radius 1 is 1.22 bits per heavy atom. The lowest BCUT2D eigenvalue weighted by Crippen LogP contribution is -2.10. The number of halogens is 5. The van der Waals surface area contributed by atoms with Crippen molar-refractivity contribution in [1.29, 1.82) is 5.26 Å². The molecule has 2 nitrogen and oxygen atoms in total. The number of rotatable bonds is 9. The molecule has 0 fully saturated rings. The zero-order valence-corrected chi connectivity index (χ0v) is 14.3. The molecule has 0 aromatic heterocycles. The van der Waals surface area contributed by atoms with Crippen molar-refractivity contribution in [2.75, 3.05) is 18.1 Å². The predicted octanol–water partition coefficient (Wildman–Crippen LogP) is 5.90. The van der Waals surface area contributed by atoms with Crippen molar-refractivity contribution < 1.29 is 22.3 Å². The van der Waals surface area contributed by atoms with Gasteiger partial charge >= 0.3 is 6.18 Å². The minimum atomic E-state index is -4.33. The lowest BCUT2D eigenvalue weighted by atomic mass is 10.2. The highest BCUT2D eigenvalue weighted by Gasteiger charge is 2.28. The van der Waals surface area contributed by atoms with Crippen molar-refractivity contribution in [3.8, 4) is 11.2 Å². The highest BCUT2D eigenvalue weighted by molar-refractivity contribution is 8.03. The number of thioether (sulfide) groups is 2. The molecule has 0 bridgehead atoms. The number of alkyl halides is 3. The number of nitrogens with zero attached hydrogens (tertiary/aromatic N) is 1. The summed E-state index contributed by atoms with van der Waals surface area (Å²) in [4.78, 5) is 0.130. The summed E-state index contributed by atoms with van der Waals surface area (Å²) in [6.45, 7) is 0.249. The van der Waals surface area contributed by atoms with Crippen LogP contribution in [0.2, 0.25) is 5.02 Å². The maximum absolute atomic E-state index is 13.7. The summed E-state index contributed by atoms with van der Waals surface area (Å²) in [5.41, 5.74) is 0. The number of nitriles is 1. The van der Waals surface area contributed by atoms with E-state index < -0.39 is 17.7 Å². The van der Waals surface area contributed by atoms with Crippen LogP contribution in [0.1, 0.15) is 19.3 Å². The van der Waals surface area contributed by atoms with Gasteiger partial charge in [-0.15, -0.1) is 11.8 Å². The topological polar surface area (TPSA) is 33.0 Å². The van der Waals surface area contributed by atoms with Gasteiger partial charge in [-0.2, -0.15) is 18.4 Å². The molecule has 0 aliphatic heterocycles. The smallest absolute Gasteiger partial charge is 0.398 e. The minimum absolute atomic E-state index is 0.0716. The third kappa shape index (κ3) is 8.58. The molecule has 0 heterocycles. The first kappa shape index (κ1) is 20.3. The molecular formula is C14H14ClF4NOS2. The highest BCUT2D eigenvalue weighted by Crippen LogP contribution is 2.36. The third-order valence-electron chi connectivity index (χ3n) is 2.59. The summed E-state index contributed by atoms with van der Waals surface area (Å²) in [6, 6.07) is 2.15. The van der Waals surface area contributed by atoms with E-state index in [9.17, 15) is 17.6 Å². The van der Waals surface area contributed by atoms with E-state index in [2.05, 4.69) is 0 Å². The van der Waals surface area contributed by atoms with E-state index in [4.69, 9.17) is 21.6 Å². The van der Waals surface area contributed by atoms with Gasteiger partial charge in [-0.05, 0) is 43.2 Å². The number of ether oxygens (including phenoxy) is 1. The maximum atomic E-state index is 13.7. The predicted molar refractivity (Wildman–Crippen MR) is 85.6 cm³/mol. The number of thiocyanates is 1. The van der Waals surface area contributed by atoms with Crippen LogP contribution < -0.4 is 4.74 Å². The minimum Gasteiger partial charge on any atom is -0.490 e. The molecule has 0 aliphatic rings. The largest absolute Gasteiger partial charge is 0.490 e. The zero-order chi connectivity index (χ0) is 17.3. The fraction of sp³-hybridized carbons (Fsp3) is 0.500. The Labute approximate surface area is 145 Å². The van der Waals surface area contributed by atoms with Crippen LogP contribution in [0.25, 0.3) is 0 Å². The van der Waals surface area contributed by atoms with Gasteiger partial charge in [-0.3, -0.25) is 0 Å². The number of hydrogen-bond acceptors (Lipinski definition) is 4. The molecular weight excluding hydrogens is 374 g/mol. The normalized spacial score (nSPS) is 11.3. The van der Waals surface area contributed by atoms with Crippen LogP contribution in [-0.4, -0.2) is 24.3 Å². The van der Waals surface area contributed by atoms with Gasteiger partial charge in [-0.1, -0.05) is 11.6 Å². The van der Waals surface area contributed by atoms with Crippen molar-refractivity contribution in [3.05, 3.63) is 23.0 Å². The van der Waals surface area contributed by atoms with E-state index in [0.29, 0.717) is 18.2 Å². The van der Waals surface area contributed by atoms with Crippen molar-refractivity contribution in [2.45, 2.75) is 30.3 Å². The van der Waals surface area contributed by atoms with E-state index in [0.717, 1.165) is 24.7 Å². The molecule has 0 spiro atoms. The molecule has 1 rings (SSSR count). The van der Waals surface area contributed by atoms with Gasteiger partial charge in [0.25, 0.3) is 0 Å². The quantitative estimate of drug-likeness (QED) is 0.229. The summed E-state index contributed by atoms with van der Waals surface area (Å²) in [5, 5.41) is 10.2. The van der Waals surface area contributed by atoms with Gasteiger partial charge in [0.1, 0.15) is 5.40 Å². The number of unbranched alkanes of at least 4 members (excludes halogenated alkanes) is 2. The summed E-state index contributed by atoms with van der Waals surface area (Å²) >= 11 is 7.41. The van der Waals surface area contributed by atoms with E-state index in [-0.39, 0.29) is 22.3 Å². The van der Waals surface area contributed by atoms with Gasteiger partial charge in [0.15, 0.2) is 11.6 Å². The van der Waals surface area contributed by atoms with Crippen LogP contribution >= 0.6 is 35.1 Å². The first-order valence-electron chi connectivity index (χ1n) is 6.66. The first-order valence-corrected chi connectivity index (χ1v) is 9.00. The monoisotopic (exact) mass is 387 g/mol. The second kappa shape index (κ2) is 10.2. The van der Waals surface area contributed by atoms with E-state index >= 15 is 0 Å². The summed E-state index contributed by atoms with van der Waals surface area (Å²) < 4.78 is 55.7. The lowest BCUT2D eigenvalue weighted by molar-refractivity contribution is -0.105. The van der Waals surface area contributed by atoms with E-state index in [1.54, 1.807) is 0 Å². The molecule has 1 aromatic carbocycles. The Hall–Kier alpha value is -0.780. The second-order valence-corrected chi connectivity index (χ2v) is 6.77. The zero-order valence-electron chi connectivity index (χ0n) is 12.0. The Bertz CT molecular complexity index is 549. The maximum Gasteiger partial charge on any atom is 0.398 e. The second-order valence-electron chi connectivity index (χ2n) is 4.47. The molecule has 0 unspecified atom stereocenters. The summed E-state index contributed by atoms with van der Waals surface area (Å²) in [6.07, 6.45) is -2.00. The van der Waals surface area contributed by atoms with Gasteiger partial charge in [0.05, 0.1) is 17.4 Å². The van der Waals surface area contributed by atoms with E-state index in [1.807, 2.05) is 5.40 Å². The number of benzene rings is 1. The molecule has 0 atom stereocenters. The van der Waals surface area contributed by atoms with Gasteiger partial charge < -0.3 is 4.74 Å². The fourth-order valence-electron chi connectivity index (χ4n) is 1.57. The molecule has 9 heteroatoms. The highest BCUT2D eigenvalue weighted by atomic mass is 35.5. The van der Waals surface area contributed by atoms with Crippen LogP contribution in [-0.2, 0) is 0 Å². The molecule has 0 N–H and O–H groups in total. The molecule has 0 saturated heterocycles. The van der Waals surface area contributed by atoms with Gasteiger partial charge in [0.2, 0.25) is 0 Å². The Balaban J connectivity index is 2.50. The molecule has 0 aliphatic carbocycles. The Kier molecular flexibility index (Phi) is 8.95. The number of hydrogen-bond donors (Lipinski definition) is 0. The summed E-state index contributed by atoms with van der Waals surface area (Å²) in [5.74, 6) is -1.19. The Morgan fingerprint density at radius 3 is 2.61 bits per heavy atom. The fourth-order valence-corrected chi connectivity index (χ4v) is 3.03. The van der Waals surface area contributed by atoms with Crippen LogP contribution in [0, 0.1) is 16.5 Å². The average molecular weight is 388 g/mol. The van der Waals surface area contributed by atoms with Gasteiger partial charge in [0, 0.05) is 10.6 Å². The van der Waals surface area contributed by atoms with Crippen LogP contribution in [0.3, 0.4) is 0 Å². The summed E-state index contributed by atoms with van der Waals surface area (Å²) in [7, 11) is 0. The standard InChI is InChI=1S/C14H14ClF4NOS2/c15-10-6-11(16)12(7-13(10)23-8-14(17,18)19)21-4-2-1-3-5-22-9-20/h6-7H,1-5,8H2. The lowest BCUT2D eigenvalue weighted by Gasteiger charge is -2.11. The molecule has 0 amide bonds. The van der Waals surface area contributed by atoms with E-state index in [1.165, 1.54) is 17.8 Å². The molecule has 1 aromatic rings. The van der Waals surface area contributed by atoms with Crippen LogP contribution in [0.4, 0.5) is 17.6 Å². The van der Waals surface area contributed by atoms with Crippen LogP contribution in [0.5, 0.6) is 5.75 Å². The van der Waals surface area contributed by atoms with Crippen molar-refractivity contribution in [2.24, 2.45) is 0 Å². The Morgan fingerprint density at radius 2 is 1.96 bits per heavy atom.